The first-order valence-electron chi connectivity index (χ1n) is 4.54. The molecular formula is C9H16N2O. The minimum absolute atomic E-state index is 0.225. The molecule has 0 aromatic heterocycles. The van der Waals surface area contributed by atoms with Crippen molar-refractivity contribution in [3.8, 4) is 6.07 Å². The monoisotopic (exact) mass is 168 g/mol. The zero-order valence-corrected chi connectivity index (χ0v) is 7.55. The van der Waals surface area contributed by atoms with Crippen LogP contribution in [0.5, 0.6) is 0 Å². The average molecular weight is 168 g/mol. The highest BCUT2D eigenvalue weighted by Crippen LogP contribution is 2.20. The Morgan fingerprint density at radius 3 is 2.92 bits per heavy atom. The fraction of sp³-hybridized carbons (Fsp3) is 0.889. The molecule has 3 heteroatoms. The quantitative estimate of drug-likeness (QED) is 0.685. The Morgan fingerprint density at radius 2 is 2.25 bits per heavy atom. The van der Waals surface area contributed by atoms with Gasteiger partial charge in [-0.3, -0.25) is 0 Å². The fourth-order valence-corrected chi connectivity index (χ4v) is 1.77. The minimum atomic E-state index is 0.225. The summed E-state index contributed by atoms with van der Waals surface area (Å²) in [5.41, 5.74) is 0. The Morgan fingerprint density at radius 1 is 1.50 bits per heavy atom. The van der Waals surface area contributed by atoms with Gasteiger partial charge in [0.1, 0.15) is 6.61 Å². The van der Waals surface area contributed by atoms with E-state index in [9.17, 15) is 0 Å². The second-order valence-corrected chi connectivity index (χ2v) is 3.19. The largest absolute Gasteiger partial charge is 0.362 e. The summed E-state index contributed by atoms with van der Waals surface area (Å²) in [5.74, 6) is 0. The van der Waals surface area contributed by atoms with Crippen LogP contribution in [0.25, 0.3) is 0 Å². The third-order valence-corrected chi connectivity index (χ3v) is 2.44. The summed E-state index contributed by atoms with van der Waals surface area (Å²) in [4.78, 5) is 0. The van der Waals surface area contributed by atoms with Crippen LogP contribution in [-0.2, 0) is 4.74 Å². The second-order valence-electron chi connectivity index (χ2n) is 3.19. The minimum Gasteiger partial charge on any atom is -0.362 e. The second kappa shape index (κ2) is 5.13. The first-order chi connectivity index (χ1) is 5.88. The van der Waals surface area contributed by atoms with Gasteiger partial charge in [-0.25, -0.2) is 0 Å². The number of nitrogens with zero attached hydrogens (tertiary/aromatic N) is 1. The van der Waals surface area contributed by atoms with Gasteiger partial charge in [-0.2, -0.15) is 5.26 Å². The van der Waals surface area contributed by atoms with Crippen LogP contribution in [0.4, 0.5) is 0 Å². The summed E-state index contributed by atoms with van der Waals surface area (Å²) < 4.78 is 5.41. The Balaban J connectivity index is 2.32. The Labute approximate surface area is 73.7 Å². The van der Waals surface area contributed by atoms with Crippen LogP contribution in [0.3, 0.4) is 0 Å². The molecule has 0 spiro atoms. The molecule has 3 nitrogen and oxygen atoms in total. The van der Waals surface area contributed by atoms with Gasteiger partial charge in [0.15, 0.2) is 0 Å². The van der Waals surface area contributed by atoms with E-state index in [1.165, 1.54) is 19.3 Å². The first-order valence-corrected chi connectivity index (χ1v) is 4.54. The summed E-state index contributed by atoms with van der Waals surface area (Å²) >= 11 is 0. The Kier molecular flexibility index (Phi) is 4.06. The smallest absolute Gasteiger partial charge is 0.134 e. The van der Waals surface area contributed by atoms with Crippen molar-refractivity contribution in [3.05, 3.63) is 0 Å². The number of nitriles is 1. The molecule has 0 radical (unpaired) electrons. The van der Waals surface area contributed by atoms with Crippen LogP contribution < -0.4 is 5.32 Å². The van der Waals surface area contributed by atoms with Crippen molar-refractivity contribution in [1.29, 1.82) is 5.26 Å². The molecule has 0 aromatic rings. The van der Waals surface area contributed by atoms with Gasteiger partial charge in [0.2, 0.25) is 0 Å². The molecule has 0 amide bonds. The predicted octanol–water partition coefficient (Wildman–Crippen LogP) is 1.06. The van der Waals surface area contributed by atoms with E-state index >= 15 is 0 Å². The van der Waals surface area contributed by atoms with Crippen molar-refractivity contribution in [3.63, 3.8) is 0 Å². The first kappa shape index (κ1) is 9.50. The molecule has 1 aliphatic rings. The van der Waals surface area contributed by atoms with Gasteiger partial charge >= 0.3 is 0 Å². The van der Waals surface area contributed by atoms with E-state index in [0.29, 0.717) is 6.04 Å². The molecule has 1 fully saturated rings. The maximum atomic E-state index is 8.36. The van der Waals surface area contributed by atoms with Gasteiger partial charge in [-0.1, -0.05) is 12.8 Å². The lowest BCUT2D eigenvalue weighted by molar-refractivity contribution is 0.0252. The molecule has 1 rings (SSSR count). The number of hydrogen-bond acceptors (Lipinski definition) is 3. The molecule has 1 aliphatic carbocycles. The molecule has 0 saturated heterocycles. The van der Waals surface area contributed by atoms with Gasteiger partial charge in [0.05, 0.1) is 12.2 Å². The molecular weight excluding hydrogens is 152 g/mol. The van der Waals surface area contributed by atoms with Gasteiger partial charge in [0.25, 0.3) is 0 Å². The summed E-state index contributed by atoms with van der Waals surface area (Å²) in [7, 11) is 1.96. The molecule has 0 heterocycles. The zero-order chi connectivity index (χ0) is 8.81. The van der Waals surface area contributed by atoms with Crippen LogP contribution in [0.2, 0.25) is 0 Å². The molecule has 12 heavy (non-hydrogen) atoms. The number of nitrogens with one attached hydrogen (secondary N) is 1. The van der Waals surface area contributed by atoms with Crippen LogP contribution in [0, 0.1) is 11.3 Å². The molecule has 0 bridgehead atoms. The van der Waals surface area contributed by atoms with E-state index < -0.39 is 0 Å². The lowest BCUT2D eigenvalue weighted by Crippen LogP contribution is -2.41. The molecule has 2 unspecified atom stereocenters. The zero-order valence-electron chi connectivity index (χ0n) is 7.55. The highest BCUT2D eigenvalue weighted by molar-refractivity contribution is 4.82. The van der Waals surface area contributed by atoms with Crippen molar-refractivity contribution in [1.82, 2.24) is 5.32 Å². The highest BCUT2D eigenvalue weighted by atomic mass is 16.5. The van der Waals surface area contributed by atoms with E-state index in [2.05, 4.69) is 5.32 Å². The maximum Gasteiger partial charge on any atom is 0.134 e. The molecule has 68 valence electrons. The molecule has 2 atom stereocenters. The van der Waals surface area contributed by atoms with Crippen LogP contribution in [0.1, 0.15) is 25.7 Å². The van der Waals surface area contributed by atoms with Crippen LogP contribution >= 0.6 is 0 Å². The third kappa shape index (κ3) is 2.47. The summed E-state index contributed by atoms with van der Waals surface area (Å²) in [5, 5.41) is 11.6. The van der Waals surface area contributed by atoms with Crippen molar-refractivity contribution in [2.24, 2.45) is 0 Å². The van der Waals surface area contributed by atoms with Gasteiger partial charge in [-0.05, 0) is 19.9 Å². The van der Waals surface area contributed by atoms with Gasteiger partial charge in [0, 0.05) is 6.04 Å². The molecule has 1 N–H and O–H groups in total. The number of rotatable bonds is 3. The lowest BCUT2D eigenvalue weighted by Gasteiger charge is -2.30. The van der Waals surface area contributed by atoms with Crippen LogP contribution in [0.15, 0.2) is 0 Å². The van der Waals surface area contributed by atoms with E-state index in [-0.39, 0.29) is 12.7 Å². The number of ether oxygens (including phenoxy) is 1. The van der Waals surface area contributed by atoms with Crippen molar-refractivity contribution < 1.29 is 4.74 Å². The Bertz CT molecular complexity index is 164. The summed E-state index contributed by atoms with van der Waals surface area (Å²) in [6.07, 6.45) is 5.02. The average Bonchev–Trinajstić information content (AvgIpc) is 2.15. The van der Waals surface area contributed by atoms with E-state index in [1.54, 1.807) is 0 Å². The Hall–Kier alpha value is -0.590. The topological polar surface area (TPSA) is 45.0 Å². The van der Waals surface area contributed by atoms with Crippen molar-refractivity contribution >= 4 is 0 Å². The third-order valence-electron chi connectivity index (χ3n) is 2.44. The summed E-state index contributed by atoms with van der Waals surface area (Å²) in [6, 6.07) is 2.46. The van der Waals surface area contributed by atoms with Crippen LogP contribution in [-0.4, -0.2) is 25.8 Å². The predicted molar refractivity (Wildman–Crippen MR) is 46.7 cm³/mol. The standard InChI is InChI=1S/C9H16N2O/c1-11-8-4-2-3-5-9(8)12-7-6-10/h8-9,11H,2-5,7H2,1H3. The van der Waals surface area contributed by atoms with Gasteiger partial charge in [-0.15, -0.1) is 0 Å². The summed E-state index contributed by atoms with van der Waals surface area (Å²) in [6.45, 7) is 0.225. The SMILES string of the molecule is CNC1CCCCC1OCC#N. The molecule has 0 aromatic carbocycles. The lowest BCUT2D eigenvalue weighted by atomic mass is 9.92. The highest BCUT2D eigenvalue weighted by Gasteiger charge is 2.23. The number of likely N-dealkylation sites (N-methyl/N-ethyl adjacent to an activating group) is 1. The van der Waals surface area contributed by atoms with E-state index in [1.807, 2.05) is 13.1 Å². The van der Waals surface area contributed by atoms with Crippen molar-refractivity contribution in [2.75, 3.05) is 13.7 Å². The normalized spacial score (nSPS) is 29.7. The van der Waals surface area contributed by atoms with E-state index in [4.69, 9.17) is 10.00 Å². The van der Waals surface area contributed by atoms with E-state index in [0.717, 1.165) is 6.42 Å². The van der Waals surface area contributed by atoms with Gasteiger partial charge < -0.3 is 10.1 Å². The molecule has 0 aliphatic heterocycles. The number of hydrogen-bond donors (Lipinski definition) is 1. The molecule has 1 saturated carbocycles. The fourth-order valence-electron chi connectivity index (χ4n) is 1.77. The van der Waals surface area contributed by atoms with Crippen molar-refractivity contribution in [2.45, 2.75) is 37.8 Å². The maximum absolute atomic E-state index is 8.36.